The fourth-order valence-electron chi connectivity index (χ4n) is 2.34. The van der Waals surface area contributed by atoms with E-state index >= 15 is 0 Å². The SMILES string of the molecule is CCOC(=O)[C@@H]1CSCCN1CC(=O)Nc1ccc(OC)cc1. The summed E-state index contributed by atoms with van der Waals surface area (Å²) < 4.78 is 10.2. The summed E-state index contributed by atoms with van der Waals surface area (Å²) in [6, 6.07) is 6.79. The zero-order valence-corrected chi connectivity index (χ0v) is 14.2. The first-order valence-electron chi connectivity index (χ1n) is 7.56. The van der Waals surface area contributed by atoms with Gasteiger partial charge in [-0.3, -0.25) is 14.5 Å². The molecule has 1 aliphatic rings. The third-order valence-corrected chi connectivity index (χ3v) is 4.54. The summed E-state index contributed by atoms with van der Waals surface area (Å²) in [4.78, 5) is 26.1. The van der Waals surface area contributed by atoms with E-state index in [1.54, 1.807) is 50.1 Å². The highest BCUT2D eigenvalue weighted by atomic mass is 32.2. The molecule has 0 bridgehead atoms. The Morgan fingerprint density at radius 1 is 1.35 bits per heavy atom. The first-order valence-corrected chi connectivity index (χ1v) is 8.72. The molecule has 0 radical (unpaired) electrons. The number of ether oxygens (including phenoxy) is 2. The summed E-state index contributed by atoms with van der Waals surface area (Å²) in [6.45, 7) is 3.01. The van der Waals surface area contributed by atoms with Gasteiger partial charge in [0.15, 0.2) is 0 Å². The Morgan fingerprint density at radius 2 is 2.09 bits per heavy atom. The molecule has 0 aliphatic carbocycles. The summed E-state index contributed by atoms with van der Waals surface area (Å²) in [5, 5.41) is 2.84. The zero-order chi connectivity index (χ0) is 16.7. The minimum Gasteiger partial charge on any atom is -0.497 e. The van der Waals surface area contributed by atoms with Crippen molar-refractivity contribution in [2.45, 2.75) is 13.0 Å². The predicted octanol–water partition coefficient (Wildman–Crippen LogP) is 1.61. The molecule has 6 nitrogen and oxygen atoms in total. The molecule has 1 heterocycles. The maximum Gasteiger partial charge on any atom is 0.324 e. The van der Waals surface area contributed by atoms with E-state index in [1.807, 2.05) is 4.90 Å². The number of amides is 1. The molecule has 1 amide bonds. The molecule has 1 saturated heterocycles. The van der Waals surface area contributed by atoms with Gasteiger partial charge in [-0.2, -0.15) is 11.8 Å². The number of carbonyl (C=O) groups excluding carboxylic acids is 2. The molecule has 7 heteroatoms. The van der Waals surface area contributed by atoms with E-state index in [9.17, 15) is 9.59 Å². The van der Waals surface area contributed by atoms with Gasteiger partial charge in [0.1, 0.15) is 11.8 Å². The van der Waals surface area contributed by atoms with Crippen LogP contribution in [0.1, 0.15) is 6.92 Å². The number of nitrogens with zero attached hydrogens (tertiary/aromatic N) is 1. The quantitative estimate of drug-likeness (QED) is 0.795. The molecule has 1 atom stereocenters. The molecular weight excluding hydrogens is 316 g/mol. The molecule has 1 aliphatic heterocycles. The van der Waals surface area contributed by atoms with Gasteiger partial charge < -0.3 is 14.8 Å². The van der Waals surface area contributed by atoms with E-state index in [1.165, 1.54) is 0 Å². The monoisotopic (exact) mass is 338 g/mol. The predicted molar refractivity (Wildman–Crippen MR) is 90.9 cm³/mol. The third kappa shape index (κ3) is 5.14. The van der Waals surface area contributed by atoms with Gasteiger partial charge in [0, 0.05) is 23.7 Å². The van der Waals surface area contributed by atoms with Crippen molar-refractivity contribution in [2.75, 3.05) is 43.6 Å². The summed E-state index contributed by atoms with van der Waals surface area (Å²) in [6.07, 6.45) is 0. The second kappa shape index (κ2) is 8.79. The second-order valence-corrected chi connectivity index (χ2v) is 6.24. The van der Waals surface area contributed by atoms with Crippen molar-refractivity contribution < 1.29 is 19.1 Å². The van der Waals surface area contributed by atoms with E-state index in [0.29, 0.717) is 24.6 Å². The fourth-order valence-corrected chi connectivity index (χ4v) is 3.44. The van der Waals surface area contributed by atoms with Crippen molar-refractivity contribution in [1.82, 2.24) is 4.90 Å². The molecule has 126 valence electrons. The topological polar surface area (TPSA) is 67.9 Å². The highest BCUT2D eigenvalue weighted by Gasteiger charge is 2.31. The summed E-state index contributed by atoms with van der Waals surface area (Å²) in [5.41, 5.74) is 0.704. The number of rotatable bonds is 6. The summed E-state index contributed by atoms with van der Waals surface area (Å²) >= 11 is 1.71. The van der Waals surface area contributed by atoms with Crippen molar-refractivity contribution in [1.29, 1.82) is 0 Å². The first kappa shape index (κ1) is 17.6. The van der Waals surface area contributed by atoms with E-state index in [-0.39, 0.29) is 24.5 Å². The average molecular weight is 338 g/mol. The Labute approximate surface area is 140 Å². The van der Waals surface area contributed by atoms with Gasteiger partial charge in [-0.05, 0) is 31.2 Å². The minimum atomic E-state index is -0.352. The maximum atomic E-state index is 12.2. The Balaban J connectivity index is 1.92. The lowest BCUT2D eigenvalue weighted by molar-refractivity contribution is -0.148. The van der Waals surface area contributed by atoms with Crippen molar-refractivity contribution in [3.05, 3.63) is 24.3 Å². The maximum absolute atomic E-state index is 12.2. The van der Waals surface area contributed by atoms with Crippen molar-refractivity contribution in [3.8, 4) is 5.75 Å². The molecule has 1 fully saturated rings. The fraction of sp³-hybridized carbons (Fsp3) is 0.500. The highest BCUT2D eigenvalue weighted by Crippen LogP contribution is 2.18. The number of thioether (sulfide) groups is 1. The lowest BCUT2D eigenvalue weighted by Crippen LogP contribution is -2.50. The molecule has 2 rings (SSSR count). The molecule has 0 aromatic heterocycles. The summed E-state index contributed by atoms with van der Waals surface area (Å²) in [5.74, 6) is 1.91. The summed E-state index contributed by atoms with van der Waals surface area (Å²) in [7, 11) is 1.59. The number of anilines is 1. The Morgan fingerprint density at radius 3 is 2.74 bits per heavy atom. The molecular formula is C16H22N2O4S. The normalized spacial score (nSPS) is 18.3. The third-order valence-electron chi connectivity index (χ3n) is 3.52. The second-order valence-electron chi connectivity index (χ2n) is 5.09. The standard InChI is InChI=1S/C16H22N2O4S/c1-3-22-16(20)14-11-23-9-8-18(14)10-15(19)17-12-4-6-13(21-2)7-5-12/h4-7,14H,3,8-11H2,1-2H3,(H,17,19)/t14-/m0/s1. The van der Waals surface area contributed by atoms with Crippen LogP contribution in [0.2, 0.25) is 0 Å². The van der Waals surface area contributed by atoms with E-state index in [2.05, 4.69) is 5.32 Å². The number of carbonyl (C=O) groups is 2. The van der Waals surface area contributed by atoms with Gasteiger partial charge in [0.25, 0.3) is 0 Å². The first-order chi connectivity index (χ1) is 11.1. The molecule has 0 saturated carbocycles. The van der Waals surface area contributed by atoms with Gasteiger partial charge in [0.05, 0.1) is 20.3 Å². The van der Waals surface area contributed by atoms with Crippen molar-refractivity contribution in [3.63, 3.8) is 0 Å². The van der Waals surface area contributed by atoms with Crippen LogP contribution in [-0.4, -0.2) is 61.1 Å². The van der Waals surface area contributed by atoms with Gasteiger partial charge in [-0.15, -0.1) is 0 Å². The van der Waals surface area contributed by atoms with Crippen LogP contribution in [0.25, 0.3) is 0 Å². The smallest absolute Gasteiger partial charge is 0.324 e. The zero-order valence-electron chi connectivity index (χ0n) is 13.4. The number of methoxy groups -OCH3 is 1. The van der Waals surface area contributed by atoms with Gasteiger partial charge in [0.2, 0.25) is 5.91 Å². The largest absolute Gasteiger partial charge is 0.497 e. The van der Waals surface area contributed by atoms with Gasteiger partial charge >= 0.3 is 5.97 Å². The lowest BCUT2D eigenvalue weighted by Gasteiger charge is -2.32. The Hall–Kier alpha value is -1.73. The van der Waals surface area contributed by atoms with Crippen LogP contribution in [0.4, 0.5) is 5.69 Å². The number of hydrogen-bond donors (Lipinski definition) is 1. The Kier molecular flexibility index (Phi) is 6.73. The van der Waals surface area contributed by atoms with Crippen LogP contribution in [0.3, 0.4) is 0 Å². The lowest BCUT2D eigenvalue weighted by atomic mass is 10.2. The van der Waals surface area contributed by atoms with Gasteiger partial charge in [-0.1, -0.05) is 0 Å². The Bertz CT molecular complexity index is 535. The molecule has 1 aromatic rings. The van der Waals surface area contributed by atoms with Crippen molar-refractivity contribution >= 4 is 29.3 Å². The molecule has 0 spiro atoms. The number of esters is 1. The van der Waals surface area contributed by atoms with E-state index in [4.69, 9.17) is 9.47 Å². The van der Waals surface area contributed by atoms with Crippen LogP contribution in [0.15, 0.2) is 24.3 Å². The van der Waals surface area contributed by atoms with Gasteiger partial charge in [-0.25, -0.2) is 0 Å². The van der Waals surface area contributed by atoms with Crippen LogP contribution >= 0.6 is 11.8 Å². The van der Waals surface area contributed by atoms with Crippen LogP contribution in [-0.2, 0) is 14.3 Å². The van der Waals surface area contributed by atoms with Crippen LogP contribution < -0.4 is 10.1 Å². The minimum absolute atomic E-state index is 0.142. The van der Waals surface area contributed by atoms with E-state index in [0.717, 1.165) is 11.5 Å². The van der Waals surface area contributed by atoms with Crippen LogP contribution in [0.5, 0.6) is 5.75 Å². The average Bonchev–Trinajstić information content (AvgIpc) is 2.56. The van der Waals surface area contributed by atoms with E-state index < -0.39 is 0 Å². The molecule has 23 heavy (non-hydrogen) atoms. The number of hydrogen-bond acceptors (Lipinski definition) is 6. The molecule has 1 aromatic carbocycles. The van der Waals surface area contributed by atoms with Crippen molar-refractivity contribution in [2.24, 2.45) is 0 Å². The number of nitrogens with one attached hydrogen (secondary N) is 1. The number of benzene rings is 1. The molecule has 1 N–H and O–H groups in total. The molecule has 0 unspecified atom stereocenters. The van der Waals surface area contributed by atoms with Crippen LogP contribution in [0, 0.1) is 0 Å². The highest BCUT2D eigenvalue weighted by molar-refractivity contribution is 7.99.